The summed E-state index contributed by atoms with van der Waals surface area (Å²) in [5, 5.41) is 0. The Hall–Kier alpha value is -0.530. The molecule has 0 heterocycles. The highest BCUT2D eigenvalue weighted by molar-refractivity contribution is 5.72. The van der Waals surface area contributed by atoms with Gasteiger partial charge in [0.1, 0.15) is 0 Å². The molecule has 15 heavy (non-hydrogen) atoms. The molecule has 0 atom stereocenters. The van der Waals surface area contributed by atoms with Crippen molar-refractivity contribution in [3.63, 3.8) is 0 Å². The molecule has 1 rings (SSSR count). The highest BCUT2D eigenvalue weighted by Crippen LogP contribution is 2.24. The van der Waals surface area contributed by atoms with Crippen LogP contribution in [0.15, 0.2) is 0 Å². The van der Waals surface area contributed by atoms with Gasteiger partial charge in [0.2, 0.25) is 0 Å². The average Bonchev–Trinajstić information content (AvgIpc) is 2.41. The standard InChI is InChI=1S/C13H24O2/c1-13(2,3)10-15-12(14)11-8-6-4-5-7-9-11/h11H,4-10H2,1-3H3. The summed E-state index contributed by atoms with van der Waals surface area (Å²) in [5.74, 6) is 0.210. The molecule has 0 N–H and O–H groups in total. The number of hydrogen-bond donors (Lipinski definition) is 0. The van der Waals surface area contributed by atoms with E-state index in [0.29, 0.717) is 6.61 Å². The molecule has 0 aromatic heterocycles. The Labute approximate surface area is 93.4 Å². The third-order valence-electron chi connectivity index (χ3n) is 2.84. The summed E-state index contributed by atoms with van der Waals surface area (Å²) in [5.41, 5.74) is 0.0837. The number of carbonyl (C=O) groups is 1. The van der Waals surface area contributed by atoms with Gasteiger partial charge in [-0.15, -0.1) is 0 Å². The molecule has 0 unspecified atom stereocenters. The molecule has 88 valence electrons. The minimum atomic E-state index is 0.0341. The molecule has 2 heteroatoms. The SMILES string of the molecule is CC(C)(C)COC(=O)C1CCCCCC1. The third-order valence-corrected chi connectivity index (χ3v) is 2.84. The van der Waals surface area contributed by atoms with Crippen LogP contribution >= 0.6 is 0 Å². The van der Waals surface area contributed by atoms with E-state index in [4.69, 9.17) is 4.74 Å². The van der Waals surface area contributed by atoms with Gasteiger partial charge < -0.3 is 4.74 Å². The Morgan fingerprint density at radius 2 is 1.67 bits per heavy atom. The fourth-order valence-electron chi connectivity index (χ4n) is 1.92. The van der Waals surface area contributed by atoms with E-state index in [-0.39, 0.29) is 17.3 Å². The van der Waals surface area contributed by atoms with Crippen LogP contribution in [0.1, 0.15) is 59.3 Å². The van der Waals surface area contributed by atoms with Crippen LogP contribution in [-0.2, 0) is 9.53 Å². The maximum absolute atomic E-state index is 11.8. The molecule has 0 radical (unpaired) electrons. The molecule has 0 saturated heterocycles. The van der Waals surface area contributed by atoms with Crippen LogP contribution in [0.3, 0.4) is 0 Å². The van der Waals surface area contributed by atoms with E-state index in [2.05, 4.69) is 20.8 Å². The van der Waals surface area contributed by atoms with Crippen molar-refractivity contribution >= 4 is 5.97 Å². The highest BCUT2D eigenvalue weighted by atomic mass is 16.5. The van der Waals surface area contributed by atoms with Gasteiger partial charge in [-0.1, -0.05) is 46.5 Å². The van der Waals surface area contributed by atoms with Crippen molar-refractivity contribution in [3.05, 3.63) is 0 Å². The van der Waals surface area contributed by atoms with Gasteiger partial charge in [-0.3, -0.25) is 4.79 Å². The lowest BCUT2D eigenvalue weighted by molar-refractivity contribution is -0.151. The van der Waals surface area contributed by atoms with Crippen LogP contribution in [0, 0.1) is 11.3 Å². The van der Waals surface area contributed by atoms with Gasteiger partial charge in [-0.25, -0.2) is 0 Å². The summed E-state index contributed by atoms with van der Waals surface area (Å²) < 4.78 is 5.36. The number of ether oxygens (including phenoxy) is 1. The van der Waals surface area contributed by atoms with E-state index in [1.807, 2.05) is 0 Å². The Balaban J connectivity index is 2.32. The number of esters is 1. The maximum Gasteiger partial charge on any atom is 0.308 e. The molecule has 0 aromatic rings. The Morgan fingerprint density at radius 1 is 1.13 bits per heavy atom. The lowest BCUT2D eigenvalue weighted by Gasteiger charge is -2.20. The summed E-state index contributed by atoms with van der Waals surface area (Å²) in [7, 11) is 0. The second kappa shape index (κ2) is 5.53. The van der Waals surface area contributed by atoms with Gasteiger partial charge in [-0.05, 0) is 18.3 Å². The van der Waals surface area contributed by atoms with E-state index in [0.717, 1.165) is 12.8 Å². The lowest BCUT2D eigenvalue weighted by Crippen LogP contribution is -2.23. The molecule has 1 aliphatic carbocycles. The number of carbonyl (C=O) groups excluding carboxylic acids is 1. The Morgan fingerprint density at radius 3 is 2.13 bits per heavy atom. The van der Waals surface area contributed by atoms with Crippen molar-refractivity contribution < 1.29 is 9.53 Å². The first-order chi connectivity index (χ1) is 6.99. The normalized spacial score (nSPS) is 19.7. The minimum absolute atomic E-state index is 0.0341. The quantitative estimate of drug-likeness (QED) is 0.517. The van der Waals surface area contributed by atoms with Crippen molar-refractivity contribution in [2.45, 2.75) is 59.3 Å². The second-order valence-corrected chi connectivity index (χ2v) is 5.86. The molecule has 1 fully saturated rings. The first kappa shape index (κ1) is 12.5. The first-order valence-corrected chi connectivity index (χ1v) is 6.16. The molecule has 0 amide bonds. The maximum atomic E-state index is 11.8. The predicted octanol–water partition coefficient (Wildman–Crippen LogP) is 3.55. The van der Waals surface area contributed by atoms with Crippen LogP contribution in [0.2, 0.25) is 0 Å². The van der Waals surface area contributed by atoms with E-state index >= 15 is 0 Å². The highest BCUT2D eigenvalue weighted by Gasteiger charge is 2.23. The van der Waals surface area contributed by atoms with Gasteiger partial charge in [0.05, 0.1) is 12.5 Å². The van der Waals surface area contributed by atoms with Gasteiger partial charge >= 0.3 is 5.97 Å². The molecule has 1 aliphatic rings. The predicted molar refractivity (Wildman–Crippen MR) is 61.6 cm³/mol. The second-order valence-electron chi connectivity index (χ2n) is 5.86. The first-order valence-electron chi connectivity index (χ1n) is 6.16. The monoisotopic (exact) mass is 212 g/mol. The van der Waals surface area contributed by atoms with Crippen molar-refractivity contribution in [3.8, 4) is 0 Å². The molecule has 2 nitrogen and oxygen atoms in total. The molecule has 0 bridgehead atoms. The van der Waals surface area contributed by atoms with Gasteiger partial charge in [0.25, 0.3) is 0 Å². The Bertz CT molecular complexity index is 195. The molecule has 0 spiro atoms. The van der Waals surface area contributed by atoms with Gasteiger partial charge in [0, 0.05) is 0 Å². The van der Waals surface area contributed by atoms with Crippen LogP contribution < -0.4 is 0 Å². The summed E-state index contributed by atoms with van der Waals surface area (Å²) in [4.78, 5) is 11.8. The average molecular weight is 212 g/mol. The van der Waals surface area contributed by atoms with Gasteiger partial charge in [0.15, 0.2) is 0 Å². The van der Waals surface area contributed by atoms with Crippen LogP contribution in [0.5, 0.6) is 0 Å². The zero-order valence-electron chi connectivity index (χ0n) is 10.3. The van der Waals surface area contributed by atoms with Crippen LogP contribution in [0.25, 0.3) is 0 Å². The molecular weight excluding hydrogens is 188 g/mol. The van der Waals surface area contributed by atoms with Crippen molar-refractivity contribution in [1.82, 2.24) is 0 Å². The largest absolute Gasteiger partial charge is 0.465 e. The topological polar surface area (TPSA) is 26.3 Å². The van der Waals surface area contributed by atoms with Crippen LogP contribution in [-0.4, -0.2) is 12.6 Å². The summed E-state index contributed by atoms with van der Waals surface area (Å²) in [6.45, 7) is 6.82. The van der Waals surface area contributed by atoms with E-state index < -0.39 is 0 Å². The molecule has 0 aliphatic heterocycles. The zero-order chi connectivity index (χ0) is 11.3. The molecular formula is C13H24O2. The van der Waals surface area contributed by atoms with E-state index in [9.17, 15) is 4.79 Å². The van der Waals surface area contributed by atoms with Crippen molar-refractivity contribution in [1.29, 1.82) is 0 Å². The summed E-state index contributed by atoms with van der Waals surface area (Å²) in [6.07, 6.45) is 7.00. The Kier molecular flexibility index (Phi) is 4.62. The fraction of sp³-hybridized carbons (Fsp3) is 0.923. The zero-order valence-corrected chi connectivity index (χ0v) is 10.3. The fourth-order valence-corrected chi connectivity index (χ4v) is 1.92. The van der Waals surface area contributed by atoms with Crippen LogP contribution in [0.4, 0.5) is 0 Å². The van der Waals surface area contributed by atoms with E-state index in [1.165, 1.54) is 25.7 Å². The summed E-state index contributed by atoms with van der Waals surface area (Å²) >= 11 is 0. The van der Waals surface area contributed by atoms with Crippen molar-refractivity contribution in [2.75, 3.05) is 6.61 Å². The number of rotatable bonds is 2. The molecule has 0 aromatic carbocycles. The third kappa shape index (κ3) is 5.19. The lowest BCUT2D eigenvalue weighted by atomic mass is 9.98. The number of hydrogen-bond acceptors (Lipinski definition) is 2. The minimum Gasteiger partial charge on any atom is -0.465 e. The smallest absolute Gasteiger partial charge is 0.308 e. The van der Waals surface area contributed by atoms with E-state index in [1.54, 1.807) is 0 Å². The van der Waals surface area contributed by atoms with Crippen molar-refractivity contribution in [2.24, 2.45) is 11.3 Å². The molecule has 1 saturated carbocycles. The van der Waals surface area contributed by atoms with Gasteiger partial charge in [-0.2, -0.15) is 0 Å². The summed E-state index contributed by atoms with van der Waals surface area (Å²) in [6, 6.07) is 0.